The van der Waals surface area contributed by atoms with Crippen molar-refractivity contribution in [1.29, 1.82) is 0 Å². The molecular weight excluding hydrogens is 355 g/mol. The van der Waals surface area contributed by atoms with Crippen LogP contribution in [-0.4, -0.2) is 9.97 Å². The van der Waals surface area contributed by atoms with Gasteiger partial charge < -0.3 is 4.98 Å². The van der Waals surface area contributed by atoms with E-state index in [1.165, 1.54) is 12.1 Å². The lowest BCUT2D eigenvalue weighted by Crippen LogP contribution is -2.12. The first-order chi connectivity index (χ1) is 7.99. The second-order valence-corrected chi connectivity index (χ2v) is 5.09. The van der Waals surface area contributed by atoms with Crippen molar-refractivity contribution in [3.05, 3.63) is 49.0 Å². The lowest BCUT2D eigenvalue weighted by Gasteiger charge is -2.05. The van der Waals surface area contributed by atoms with E-state index in [2.05, 4.69) is 41.8 Å². The van der Waals surface area contributed by atoms with Gasteiger partial charge in [-0.15, -0.1) is 0 Å². The van der Waals surface area contributed by atoms with Crippen molar-refractivity contribution in [2.45, 2.75) is 6.92 Å². The van der Waals surface area contributed by atoms with Crippen LogP contribution in [0, 0.1) is 12.7 Å². The summed E-state index contributed by atoms with van der Waals surface area (Å²) in [7, 11) is 0. The SMILES string of the molecule is Cc1nc(-c2cc(F)ccc2Br)[nH]c(=O)c1Br. The Hall–Kier alpha value is -1.01. The van der Waals surface area contributed by atoms with Gasteiger partial charge in [0.1, 0.15) is 16.1 Å². The monoisotopic (exact) mass is 360 g/mol. The Morgan fingerprint density at radius 1 is 1.35 bits per heavy atom. The van der Waals surface area contributed by atoms with E-state index in [1.807, 2.05) is 0 Å². The van der Waals surface area contributed by atoms with Crippen molar-refractivity contribution in [3.8, 4) is 11.4 Å². The van der Waals surface area contributed by atoms with Gasteiger partial charge >= 0.3 is 0 Å². The number of nitrogens with one attached hydrogen (secondary N) is 1. The van der Waals surface area contributed by atoms with Crippen LogP contribution in [0.5, 0.6) is 0 Å². The van der Waals surface area contributed by atoms with Crippen LogP contribution in [0.1, 0.15) is 5.69 Å². The minimum absolute atomic E-state index is 0.288. The van der Waals surface area contributed by atoms with E-state index in [0.29, 0.717) is 26.0 Å². The smallest absolute Gasteiger partial charge is 0.265 e. The summed E-state index contributed by atoms with van der Waals surface area (Å²) in [6, 6.07) is 4.22. The Bertz CT molecular complexity index is 640. The number of aromatic amines is 1. The molecule has 1 heterocycles. The van der Waals surface area contributed by atoms with Crippen molar-refractivity contribution >= 4 is 31.9 Å². The summed E-state index contributed by atoms with van der Waals surface area (Å²) in [6.45, 7) is 1.70. The first kappa shape index (κ1) is 12.4. The Balaban J connectivity index is 2.69. The molecule has 0 saturated heterocycles. The molecule has 0 aliphatic rings. The highest BCUT2D eigenvalue weighted by Gasteiger charge is 2.10. The van der Waals surface area contributed by atoms with Crippen LogP contribution in [0.2, 0.25) is 0 Å². The molecule has 2 rings (SSSR count). The summed E-state index contributed by atoms with van der Waals surface area (Å²) in [6.07, 6.45) is 0. The number of benzene rings is 1. The second-order valence-electron chi connectivity index (χ2n) is 3.44. The number of rotatable bonds is 1. The van der Waals surface area contributed by atoms with Crippen molar-refractivity contribution in [3.63, 3.8) is 0 Å². The summed E-state index contributed by atoms with van der Waals surface area (Å²) in [5.74, 6) is -0.0477. The molecule has 0 atom stereocenters. The average molecular weight is 362 g/mol. The molecule has 0 amide bonds. The van der Waals surface area contributed by atoms with Gasteiger partial charge in [-0.05, 0) is 41.1 Å². The molecule has 6 heteroatoms. The third kappa shape index (κ3) is 2.47. The zero-order valence-corrected chi connectivity index (χ0v) is 11.9. The summed E-state index contributed by atoms with van der Waals surface area (Å²) in [5.41, 5.74) is 0.779. The lowest BCUT2D eigenvalue weighted by atomic mass is 10.2. The maximum atomic E-state index is 13.2. The van der Waals surface area contributed by atoms with Gasteiger partial charge in [-0.1, -0.05) is 15.9 Å². The number of halogens is 3. The summed E-state index contributed by atoms with van der Waals surface area (Å²) >= 11 is 6.42. The van der Waals surface area contributed by atoms with E-state index in [4.69, 9.17) is 0 Å². The van der Waals surface area contributed by atoms with Crippen LogP contribution in [0.4, 0.5) is 4.39 Å². The fraction of sp³-hybridized carbons (Fsp3) is 0.0909. The summed E-state index contributed by atoms with van der Waals surface area (Å²) < 4.78 is 14.2. The maximum absolute atomic E-state index is 13.2. The number of nitrogens with zero attached hydrogens (tertiary/aromatic N) is 1. The molecule has 1 aromatic carbocycles. The lowest BCUT2D eigenvalue weighted by molar-refractivity contribution is 0.628. The highest BCUT2D eigenvalue weighted by atomic mass is 79.9. The quantitative estimate of drug-likeness (QED) is 0.845. The average Bonchev–Trinajstić information content (AvgIpc) is 2.28. The number of hydrogen-bond donors (Lipinski definition) is 1. The standard InChI is InChI=1S/C11H7Br2FN2O/c1-5-9(13)11(17)16-10(15-5)7-4-6(14)2-3-8(7)12/h2-4H,1H3,(H,15,16,17). The summed E-state index contributed by atoms with van der Waals surface area (Å²) in [5, 5.41) is 0. The van der Waals surface area contributed by atoms with E-state index in [0.717, 1.165) is 0 Å². The third-order valence-electron chi connectivity index (χ3n) is 2.21. The molecule has 0 bridgehead atoms. The maximum Gasteiger partial charge on any atom is 0.265 e. The van der Waals surface area contributed by atoms with Crippen LogP contribution in [0.25, 0.3) is 11.4 Å². The first-order valence-electron chi connectivity index (χ1n) is 4.71. The molecule has 0 fully saturated rings. The van der Waals surface area contributed by atoms with Gasteiger partial charge in [0.25, 0.3) is 5.56 Å². The highest BCUT2D eigenvalue weighted by Crippen LogP contribution is 2.26. The van der Waals surface area contributed by atoms with Gasteiger partial charge in [-0.25, -0.2) is 9.37 Å². The number of aromatic nitrogens is 2. The highest BCUT2D eigenvalue weighted by molar-refractivity contribution is 9.10. The molecule has 0 unspecified atom stereocenters. The molecule has 0 aliphatic heterocycles. The molecule has 0 saturated carbocycles. The largest absolute Gasteiger partial charge is 0.305 e. The molecule has 88 valence electrons. The molecule has 2 aromatic rings. The van der Waals surface area contributed by atoms with Crippen molar-refractivity contribution < 1.29 is 4.39 Å². The van der Waals surface area contributed by atoms with Gasteiger partial charge in [0.2, 0.25) is 0 Å². The topological polar surface area (TPSA) is 45.8 Å². The van der Waals surface area contributed by atoms with Crippen molar-refractivity contribution in [2.24, 2.45) is 0 Å². The molecule has 17 heavy (non-hydrogen) atoms. The van der Waals surface area contributed by atoms with E-state index in [-0.39, 0.29) is 11.4 Å². The minimum atomic E-state index is -0.383. The summed E-state index contributed by atoms with van der Waals surface area (Å²) in [4.78, 5) is 18.4. The number of hydrogen-bond acceptors (Lipinski definition) is 2. The third-order valence-corrected chi connectivity index (χ3v) is 3.84. The van der Waals surface area contributed by atoms with Crippen LogP contribution in [0.3, 0.4) is 0 Å². The molecular formula is C11H7Br2FN2O. The van der Waals surface area contributed by atoms with Gasteiger partial charge in [-0.3, -0.25) is 4.79 Å². The van der Waals surface area contributed by atoms with Gasteiger partial charge in [0.05, 0.1) is 5.69 Å². The van der Waals surface area contributed by atoms with Crippen LogP contribution < -0.4 is 5.56 Å². The van der Waals surface area contributed by atoms with Crippen molar-refractivity contribution in [2.75, 3.05) is 0 Å². The number of H-pyrrole nitrogens is 1. The molecule has 1 N–H and O–H groups in total. The fourth-order valence-corrected chi connectivity index (χ4v) is 2.00. The Morgan fingerprint density at radius 2 is 2.06 bits per heavy atom. The predicted molar refractivity (Wildman–Crippen MR) is 70.4 cm³/mol. The van der Waals surface area contributed by atoms with Crippen LogP contribution >= 0.6 is 31.9 Å². The van der Waals surface area contributed by atoms with Crippen LogP contribution in [0.15, 0.2) is 31.9 Å². The zero-order chi connectivity index (χ0) is 12.6. The number of aryl methyl sites for hydroxylation is 1. The molecule has 0 radical (unpaired) electrons. The van der Waals surface area contributed by atoms with E-state index in [9.17, 15) is 9.18 Å². The normalized spacial score (nSPS) is 10.6. The predicted octanol–water partition coefficient (Wildman–Crippen LogP) is 3.41. The Morgan fingerprint density at radius 3 is 2.71 bits per heavy atom. The second kappa shape index (κ2) is 4.70. The molecule has 0 aliphatic carbocycles. The first-order valence-corrected chi connectivity index (χ1v) is 6.29. The van der Waals surface area contributed by atoms with Gasteiger partial charge in [-0.2, -0.15) is 0 Å². The van der Waals surface area contributed by atoms with Crippen molar-refractivity contribution in [1.82, 2.24) is 9.97 Å². The van der Waals surface area contributed by atoms with E-state index < -0.39 is 0 Å². The molecule has 1 aromatic heterocycles. The zero-order valence-electron chi connectivity index (χ0n) is 8.72. The Kier molecular flexibility index (Phi) is 3.44. The minimum Gasteiger partial charge on any atom is -0.305 e. The molecule has 3 nitrogen and oxygen atoms in total. The van der Waals surface area contributed by atoms with Gasteiger partial charge in [0, 0.05) is 10.0 Å². The van der Waals surface area contributed by atoms with E-state index in [1.54, 1.807) is 13.0 Å². The van der Waals surface area contributed by atoms with Gasteiger partial charge in [0.15, 0.2) is 0 Å². The molecule has 0 spiro atoms. The fourth-order valence-electron chi connectivity index (χ4n) is 1.38. The Labute approximate surface area is 113 Å². The van der Waals surface area contributed by atoms with E-state index >= 15 is 0 Å². The van der Waals surface area contributed by atoms with Crippen LogP contribution in [-0.2, 0) is 0 Å².